The molecule has 0 fully saturated rings. The zero-order valence-electron chi connectivity index (χ0n) is 5.73. The van der Waals surface area contributed by atoms with Crippen molar-refractivity contribution in [3.8, 4) is 0 Å². The van der Waals surface area contributed by atoms with Gasteiger partial charge in [0.1, 0.15) is 0 Å². The predicted molar refractivity (Wildman–Crippen MR) is 50.4 cm³/mol. The summed E-state index contributed by atoms with van der Waals surface area (Å²) in [6.07, 6.45) is 3.91. The molecule has 0 amide bonds. The topological polar surface area (TPSA) is 40.5 Å². The largest absolute Gasteiger partial charge is 0.337 e. The van der Waals surface area contributed by atoms with Gasteiger partial charge in [0, 0.05) is 0 Å². The van der Waals surface area contributed by atoms with Gasteiger partial charge >= 0.3 is 0 Å². The molecule has 0 aromatic carbocycles. The molecule has 0 heterocycles. The summed E-state index contributed by atoms with van der Waals surface area (Å²) >= 11 is 5.30. The Morgan fingerprint density at radius 1 is 1.60 bits per heavy atom. The molecule has 5 heteroatoms. The van der Waals surface area contributed by atoms with E-state index < -0.39 is 5.69 Å². The van der Waals surface area contributed by atoms with Crippen molar-refractivity contribution in [1.82, 2.24) is 0 Å². The van der Waals surface area contributed by atoms with Crippen molar-refractivity contribution >= 4 is 28.9 Å². The molecule has 2 nitrogen and oxygen atoms in total. The van der Waals surface area contributed by atoms with Gasteiger partial charge in [-0.2, -0.15) is 0 Å². The van der Waals surface area contributed by atoms with E-state index in [1.807, 2.05) is 6.08 Å². The third-order valence-electron chi connectivity index (χ3n) is 0.750. The van der Waals surface area contributed by atoms with E-state index in [2.05, 4.69) is 18.7 Å². The Hall–Kier alpha value is 0.660. The summed E-state index contributed by atoms with van der Waals surface area (Å²) < 4.78 is 0. The second-order valence-corrected chi connectivity index (χ2v) is 7.60. The minimum atomic E-state index is -3.04. The number of allylic oxidation sites excluding steroid dienone is 1. The Kier molecular flexibility index (Phi) is 5.68. The highest BCUT2D eigenvalue weighted by Gasteiger charge is 2.02. The van der Waals surface area contributed by atoms with E-state index in [0.717, 1.165) is 24.2 Å². The molecule has 0 aliphatic rings. The lowest BCUT2D eigenvalue weighted by Gasteiger charge is -1.99. The fourth-order valence-corrected chi connectivity index (χ4v) is 1.92. The van der Waals surface area contributed by atoms with Gasteiger partial charge in [0.05, 0.1) is 0 Å². The molecule has 0 bridgehead atoms. The lowest BCUT2D eigenvalue weighted by atomic mass is 10.3. The van der Waals surface area contributed by atoms with E-state index in [-0.39, 0.29) is 0 Å². The maximum absolute atomic E-state index is 8.71. The molecule has 0 saturated heterocycles. The molecule has 0 unspecified atom stereocenters. The standard InChI is InChI=1S/C5H11O2PS2/c1-2-3-4-5-10-8(6,7)9/h4-5H,2-3H2,1H3,(H2,6,7,9). The van der Waals surface area contributed by atoms with Crippen LogP contribution in [-0.2, 0) is 11.8 Å². The van der Waals surface area contributed by atoms with Crippen molar-refractivity contribution < 1.29 is 9.79 Å². The van der Waals surface area contributed by atoms with Gasteiger partial charge in [0.15, 0.2) is 0 Å². The highest BCUT2D eigenvalue weighted by Crippen LogP contribution is 2.51. The maximum Gasteiger partial charge on any atom is 0.246 e. The first-order valence-electron chi connectivity index (χ1n) is 2.95. The average molecular weight is 198 g/mol. The predicted octanol–water partition coefficient (Wildman–Crippen LogP) is 2.24. The van der Waals surface area contributed by atoms with Crippen LogP contribution in [0.5, 0.6) is 0 Å². The van der Waals surface area contributed by atoms with Crippen LogP contribution in [0, 0.1) is 0 Å². The van der Waals surface area contributed by atoms with Crippen molar-refractivity contribution in [2.75, 3.05) is 0 Å². The molecule has 0 radical (unpaired) electrons. The summed E-state index contributed by atoms with van der Waals surface area (Å²) in [5.74, 6) is 0. The average Bonchev–Trinajstić information content (AvgIpc) is 1.78. The van der Waals surface area contributed by atoms with Crippen molar-refractivity contribution in [1.29, 1.82) is 0 Å². The molecule has 0 rings (SSSR count). The molecule has 0 atom stereocenters. The van der Waals surface area contributed by atoms with Gasteiger partial charge in [0.25, 0.3) is 0 Å². The highest BCUT2D eigenvalue weighted by molar-refractivity contribution is 8.68. The van der Waals surface area contributed by atoms with Crippen molar-refractivity contribution in [3.63, 3.8) is 0 Å². The third kappa shape index (κ3) is 8.66. The second-order valence-electron chi connectivity index (χ2n) is 1.76. The third-order valence-corrected chi connectivity index (χ3v) is 3.30. The van der Waals surface area contributed by atoms with Crippen molar-refractivity contribution in [3.05, 3.63) is 11.5 Å². The Labute approximate surface area is 70.3 Å². The van der Waals surface area contributed by atoms with Crippen LogP contribution >= 0.6 is 17.1 Å². The lowest BCUT2D eigenvalue weighted by molar-refractivity contribution is 0.502. The van der Waals surface area contributed by atoms with Crippen molar-refractivity contribution in [2.24, 2.45) is 0 Å². The van der Waals surface area contributed by atoms with Crippen LogP contribution in [0.25, 0.3) is 0 Å². The van der Waals surface area contributed by atoms with Crippen molar-refractivity contribution in [2.45, 2.75) is 19.8 Å². The molecule has 0 aromatic rings. The first kappa shape index (κ1) is 10.7. The smallest absolute Gasteiger partial charge is 0.246 e. The number of hydrogen-bond donors (Lipinski definition) is 2. The second kappa shape index (κ2) is 5.33. The van der Waals surface area contributed by atoms with Gasteiger partial charge < -0.3 is 9.79 Å². The van der Waals surface area contributed by atoms with Crippen LogP contribution in [0.3, 0.4) is 0 Å². The maximum atomic E-state index is 8.71. The molecule has 0 aliphatic heterocycles. The summed E-state index contributed by atoms with van der Waals surface area (Å²) in [6, 6.07) is 0. The number of rotatable bonds is 4. The molecule has 60 valence electrons. The van der Waals surface area contributed by atoms with E-state index in [9.17, 15) is 0 Å². The van der Waals surface area contributed by atoms with Gasteiger partial charge in [-0.25, -0.2) is 0 Å². The molecule has 0 aliphatic carbocycles. The minimum absolute atomic E-state index is 0.930. The summed E-state index contributed by atoms with van der Waals surface area (Å²) in [6.45, 7) is 2.06. The van der Waals surface area contributed by atoms with Crippen LogP contribution in [-0.4, -0.2) is 9.79 Å². The van der Waals surface area contributed by atoms with Crippen LogP contribution < -0.4 is 0 Å². The lowest BCUT2D eigenvalue weighted by Crippen LogP contribution is -1.64. The van der Waals surface area contributed by atoms with E-state index in [1.54, 1.807) is 5.41 Å². The summed E-state index contributed by atoms with van der Waals surface area (Å²) in [5.41, 5.74) is -3.04. The molecule has 2 N–H and O–H groups in total. The molecule has 0 saturated carbocycles. The summed E-state index contributed by atoms with van der Waals surface area (Å²) in [4.78, 5) is 17.4. The van der Waals surface area contributed by atoms with Crippen LogP contribution in [0.15, 0.2) is 11.5 Å². The van der Waals surface area contributed by atoms with Gasteiger partial charge in [0.2, 0.25) is 5.69 Å². The first-order chi connectivity index (χ1) is 4.56. The Morgan fingerprint density at radius 3 is 2.60 bits per heavy atom. The van der Waals surface area contributed by atoms with Crippen LogP contribution in [0.4, 0.5) is 0 Å². The van der Waals surface area contributed by atoms with E-state index >= 15 is 0 Å². The van der Waals surface area contributed by atoms with Gasteiger partial charge in [-0.15, -0.1) is 0 Å². The highest BCUT2D eigenvalue weighted by atomic mass is 32.9. The monoisotopic (exact) mass is 198 g/mol. The molecular weight excluding hydrogens is 187 g/mol. The van der Waals surface area contributed by atoms with Gasteiger partial charge in [-0.1, -0.05) is 19.4 Å². The minimum Gasteiger partial charge on any atom is -0.337 e. The quantitative estimate of drug-likeness (QED) is 0.680. The fraction of sp³-hybridized carbons (Fsp3) is 0.600. The zero-order chi connectivity index (χ0) is 8.04. The van der Waals surface area contributed by atoms with E-state index in [1.165, 1.54) is 0 Å². The Morgan fingerprint density at radius 2 is 2.20 bits per heavy atom. The summed E-state index contributed by atoms with van der Waals surface area (Å²) in [7, 11) is 0. The van der Waals surface area contributed by atoms with E-state index in [4.69, 9.17) is 9.79 Å². The van der Waals surface area contributed by atoms with E-state index in [0.29, 0.717) is 0 Å². The Bertz CT molecular complexity index is 152. The summed E-state index contributed by atoms with van der Waals surface area (Å²) in [5, 5.41) is 1.66. The fourth-order valence-electron chi connectivity index (χ4n) is 0.357. The van der Waals surface area contributed by atoms with Gasteiger partial charge in [-0.3, -0.25) is 0 Å². The molecule has 10 heavy (non-hydrogen) atoms. The molecule has 0 aromatic heterocycles. The first-order valence-corrected chi connectivity index (χ1v) is 7.14. The molecule has 0 spiro atoms. The zero-order valence-corrected chi connectivity index (χ0v) is 8.25. The molecular formula is C5H11O2PS2. The Balaban J connectivity index is 3.44. The number of hydrogen-bond acceptors (Lipinski definition) is 2. The van der Waals surface area contributed by atoms with Gasteiger partial charge in [-0.05, 0) is 35.0 Å². The normalized spacial score (nSPS) is 12.7. The number of unbranched alkanes of at least 4 members (excludes halogenated alkanes) is 1. The van der Waals surface area contributed by atoms with Crippen LogP contribution in [0.1, 0.15) is 19.8 Å². The van der Waals surface area contributed by atoms with Crippen LogP contribution in [0.2, 0.25) is 0 Å². The SMILES string of the molecule is CCCC=CSP(O)(O)=S.